The van der Waals surface area contributed by atoms with Crippen LogP contribution in [0.5, 0.6) is 0 Å². The summed E-state index contributed by atoms with van der Waals surface area (Å²) in [6.07, 6.45) is 1.52. The second-order valence-electron chi connectivity index (χ2n) is 1.37. The van der Waals surface area contributed by atoms with Gasteiger partial charge in [0.05, 0.1) is 0 Å². The molecule has 0 unspecified atom stereocenters. The van der Waals surface area contributed by atoms with Gasteiger partial charge in [-0.15, -0.1) is 5.53 Å². The lowest BCUT2D eigenvalue weighted by atomic mass is 10.5. The van der Waals surface area contributed by atoms with Crippen LogP contribution in [0.4, 0.5) is 0 Å². The van der Waals surface area contributed by atoms with Gasteiger partial charge in [-0.25, -0.2) is 11.7 Å². The molecule has 0 bridgehead atoms. The molecule has 0 spiro atoms. The van der Waals surface area contributed by atoms with Crippen LogP contribution in [-0.2, 0) is 0 Å². The molecule has 0 amide bonds. The number of hydrogen-bond acceptors (Lipinski definition) is 5. The van der Waals surface area contributed by atoms with Gasteiger partial charge in [0.2, 0.25) is 0 Å². The highest BCUT2D eigenvalue weighted by Gasteiger charge is 1.84. The van der Waals surface area contributed by atoms with Crippen molar-refractivity contribution >= 4 is 0 Å². The predicted octanol–water partition coefficient (Wildman–Crippen LogP) is -1.26. The van der Waals surface area contributed by atoms with E-state index in [1.807, 2.05) is 0 Å². The maximum Gasteiger partial charge on any atom is 0.0424 e. The van der Waals surface area contributed by atoms with Crippen LogP contribution in [0, 0.1) is 0 Å². The molecule has 9 heavy (non-hydrogen) atoms. The van der Waals surface area contributed by atoms with E-state index in [0.29, 0.717) is 5.70 Å². The van der Waals surface area contributed by atoms with Crippen LogP contribution in [-0.4, -0.2) is 5.23 Å². The molecule has 0 heterocycles. The van der Waals surface area contributed by atoms with Gasteiger partial charge in [-0.05, 0) is 6.08 Å². The quantitative estimate of drug-likeness (QED) is 0.216. The van der Waals surface area contributed by atoms with Crippen LogP contribution < -0.4 is 22.6 Å². The van der Waals surface area contributed by atoms with Crippen molar-refractivity contribution in [2.75, 3.05) is 0 Å². The Morgan fingerprint density at radius 2 is 2.11 bits per heavy atom. The summed E-state index contributed by atoms with van der Waals surface area (Å²) in [4.78, 5) is 0. The van der Waals surface area contributed by atoms with Crippen molar-refractivity contribution in [1.29, 1.82) is 0 Å². The van der Waals surface area contributed by atoms with Crippen LogP contribution in [0.15, 0.2) is 24.9 Å². The summed E-state index contributed by atoms with van der Waals surface area (Å²) in [7, 11) is 0. The Labute approximate surface area is 53.9 Å². The average Bonchev–Trinajstić information content (AvgIpc) is 1.83. The van der Waals surface area contributed by atoms with Crippen molar-refractivity contribution in [2.45, 2.75) is 0 Å². The summed E-state index contributed by atoms with van der Waals surface area (Å²) in [5.74, 6) is 9.91. The molecular weight excluding hydrogens is 118 g/mol. The Morgan fingerprint density at radius 3 is 2.44 bits per heavy atom. The largest absolute Gasteiger partial charge is 0.306 e. The van der Waals surface area contributed by atoms with E-state index >= 15 is 0 Å². The summed E-state index contributed by atoms with van der Waals surface area (Å²) in [5, 5.41) is 0.772. The zero-order chi connectivity index (χ0) is 7.28. The molecule has 5 heteroatoms. The first-order valence-electron chi connectivity index (χ1n) is 2.29. The summed E-state index contributed by atoms with van der Waals surface area (Å²) >= 11 is 0. The number of hydrazine groups is 4. The van der Waals surface area contributed by atoms with Gasteiger partial charge in [0, 0.05) is 5.70 Å². The molecule has 6 N–H and O–H groups in total. The third-order valence-corrected chi connectivity index (χ3v) is 0.592. The molecule has 0 rings (SSSR count). The van der Waals surface area contributed by atoms with E-state index < -0.39 is 0 Å². The average molecular weight is 129 g/mol. The molecule has 0 aromatic heterocycles. The summed E-state index contributed by atoms with van der Waals surface area (Å²) < 4.78 is 0. The number of nitrogens with one attached hydrogen (secondary N) is 2. The number of nitrogens with two attached hydrogens (primary N) is 2. The SMILES string of the molecule is C=CC(=C)NNN(N)N. The lowest BCUT2D eigenvalue weighted by Gasteiger charge is -2.12. The summed E-state index contributed by atoms with van der Waals surface area (Å²) in [5.41, 5.74) is 5.50. The molecule has 0 fully saturated rings. The maximum absolute atomic E-state index is 4.96. The van der Waals surface area contributed by atoms with Gasteiger partial charge < -0.3 is 5.43 Å². The first-order valence-corrected chi connectivity index (χ1v) is 2.29. The van der Waals surface area contributed by atoms with E-state index in [1.54, 1.807) is 0 Å². The van der Waals surface area contributed by atoms with Crippen LogP contribution in [0.1, 0.15) is 0 Å². The lowest BCUT2D eigenvalue weighted by molar-refractivity contribution is 0.170. The molecule has 0 radical (unpaired) electrons. The highest BCUT2D eigenvalue weighted by atomic mass is 15.9. The molecule has 0 saturated carbocycles. The van der Waals surface area contributed by atoms with E-state index in [2.05, 4.69) is 24.1 Å². The zero-order valence-corrected chi connectivity index (χ0v) is 5.09. The van der Waals surface area contributed by atoms with Gasteiger partial charge in [-0.1, -0.05) is 18.4 Å². The third kappa shape index (κ3) is 4.98. The first-order chi connectivity index (χ1) is 4.16. The fourth-order valence-electron chi connectivity index (χ4n) is 0.187. The molecular formula is C4H11N5. The monoisotopic (exact) mass is 129 g/mol. The Morgan fingerprint density at radius 1 is 1.56 bits per heavy atom. The topological polar surface area (TPSA) is 79.3 Å². The molecule has 0 aromatic rings. The van der Waals surface area contributed by atoms with Crippen LogP contribution in [0.2, 0.25) is 0 Å². The lowest BCUT2D eigenvalue weighted by Crippen LogP contribution is -2.54. The smallest absolute Gasteiger partial charge is 0.0424 e. The Kier molecular flexibility index (Phi) is 3.65. The minimum Gasteiger partial charge on any atom is -0.306 e. The first kappa shape index (κ1) is 8.12. The van der Waals surface area contributed by atoms with E-state index in [4.69, 9.17) is 11.7 Å². The van der Waals surface area contributed by atoms with Crippen LogP contribution in [0.25, 0.3) is 0 Å². The molecule has 0 aliphatic heterocycles. The predicted molar refractivity (Wildman–Crippen MR) is 35.8 cm³/mol. The highest BCUT2D eigenvalue weighted by molar-refractivity contribution is 5.06. The highest BCUT2D eigenvalue weighted by Crippen LogP contribution is 1.77. The van der Waals surface area contributed by atoms with Gasteiger partial charge in [-0.2, -0.15) is 0 Å². The second-order valence-corrected chi connectivity index (χ2v) is 1.37. The maximum atomic E-state index is 4.96. The standard InChI is InChI=1S/C4H11N5/c1-3-4(2)7-8-9(5)6/h3,7-8H,1-2,5-6H2. The van der Waals surface area contributed by atoms with Gasteiger partial charge in [0.25, 0.3) is 0 Å². The molecule has 52 valence electrons. The van der Waals surface area contributed by atoms with Gasteiger partial charge >= 0.3 is 0 Å². The van der Waals surface area contributed by atoms with E-state index in [1.165, 1.54) is 6.08 Å². The molecule has 0 aliphatic carbocycles. The van der Waals surface area contributed by atoms with Crippen molar-refractivity contribution in [1.82, 2.24) is 16.2 Å². The van der Waals surface area contributed by atoms with E-state index in [-0.39, 0.29) is 0 Å². The Hall–Kier alpha value is -0.880. The number of rotatable bonds is 4. The number of allylic oxidation sites excluding steroid dienone is 1. The van der Waals surface area contributed by atoms with E-state index in [0.717, 1.165) is 5.23 Å². The van der Waals surface area contributed by atoms with Crippen LogP contribution in [0.3, 0.4) is 0 Å². The molecule has 0 atom stereocenters. The van der Waals surface area contributed by atoms with Crippen LogP contribution >= 0.6 is 0 Å². The van der Waals surface area contributed by atoms with Crippen molar-refractivity contribution < 1.29 is 0 Å². The van der Waals surface area contributed by atoms with E-state index in [9.17, 15) is 0 Å². The molecule has 5 nitrogen and oxygen atoms in total. The summed E-state index contributed by atoms with van der Waals surface area (Å²) in [6, 6.07) is 0. The fraction of sp³-hybridized carbons (Fsp3) is 0. The van der Waals surface area contributed by atoms with Crippen molar-refractivity contribution in [3.05, 3.63) is 24.9 Å². The minimum atomic E-state index is 0.593. The molecule has 0 aliphatic rings. The minimum absolute atomic E-state index is 0.593. The zero-order valence-electron chi connectivity index (χ0n) is 5.09. The van der Waals surface area contributed by atoms with Crippen molar-refractivity contribution in [3.8, 4) is 0 Å². The van der Waals surface area contributed by atoms with Gasteiger partial charge in [0.15, 0.2) is 0 Å². The summed E-state index contributed by atoms with van der Waals surface area (Å²) in [6.45, 7) is 6.95. The van der Waals surface area contributed by atoms with Crippen molar-refractivity contribution in [3.63, 3.8) is 0 Å². The van der Waals surface area contributed by atoms with Gasteiger partial charge in [-0.3, -0.25) is 0 Å². The normalized spacial score (nSPS) is 9.22. The fourth-order valence-corrected chi connectivity index (χ4v) is 0.187. The van der Waals surface area contributed by atoms with Gasteiger partial charge in [0.1, 0.15) is 0 Å². The third-order valence-electron chi connectivity index (χ3n) is 0.592. The second kappa shape index (κ2) is 4.04. The number of hydrogen-bond donors (Lipinski definition) is 4. The molecule has 0 aromatic carbocycles. The Balaban J connectivity index is 3.27. The Bertz CT molecular complexity index is 108. The van der Waals surface area contributed by atoms with Crippen molar-refractivity contribution in [2.24, 2.45) is 11.7 Å². The molecule has 0 saturated heterocycles. The number of nitrogens with zero attached hydrogens (tertiary/aromatic N) is 1.